The highest BCUT2D eigenvalue weighted by Crippen LogP contribution is 2.20. The first kappa shape index (κ1) is 16.6. The van der Waals surface area contributed by atoms with Gasteiger partial charge in [-0.05, 0) is 39.8 Å². The molecular weight excluding hydrogens is 282 g/mol. The largest absolute Gasteiger partial charge is 0.320 e. The van der Waals surface area contributed by atoms with E-state index in [-0.39, 0.29) is 11.8 Å². The third kappa shape index (κ3) is 5.99. The highest BCUT2D eigenvalue weighted by atomic mass is 32.2. The van der Waals surface area contributed by atoms with Crippen LogP contribution in [0.4, 0.5) is 0 Å². The van der Waals surface area contributed by atoms with Gasteiger partial charge in [-0.2, -0.15) is 0 Å². The van der Waals surface area contributed by atoms with Crippen molar-refractivity contribution in [2.24, 2.45) is 0 Å². The molecule has 0 aliphatic heterocycles. The fraction of sp³-hybridized carbons (Fsp3) is 0.750. The van der Waals surface area contributed by atoms with Crippen LogP contribution in [0.1, 0.15) is 42.6 Å². The van der Waals surface area contributed by atoms with E-state index in [0.29, 0.717) is 6.42 Å². The van der Waals surface area contributed by atoms with Crippen molar-refractivity contribution in [3.63, 3.8) is 0 Å². The molecule has 1 aromatic rings. The quantitative estimate of drug-likeness (QED) is 0.681. The van der Waals surface area contributed by atoms with Gasteiger partial charge >= 0.3 is 0 Å². The van der Waals surface area contributed by atoms with E-state index < -0.39 is 10.0 Å². The molecule has 0 saturated heterocycles. The second-order valence-corrected chi connectivity index (χ2v) is 7.51. The predicted molar refractivity (Wildman–Crippen MR) is 80.0 cm³/mol. The smallest absolute Gasteiger partial charge is 0.212 e. The van der Waals surface area contributed by atoms with E-state index in [4.69, 9.17) is 0 Å². The van der Waals surface area contributed by atoms with E-state index in [1.165, 1.54) is 4.88 Å². The van der Waals surface area contributed by atoms with Gasteiger partial charge in [0.25, 0.3) is 0 Å². The minimum absolute atomic E-state index is 0.172. The van der Waals surface area contributed by atoms with Gasteiger partial charge < -0.3 is 5.32 Å². The van der Waals surface area contributed by atoms with Gasteiger partial charge in [0.15, 0.2) is 0 Å². The SMILES string of the molecule is CCc1cnc(C(C)NS(=O)(=O)CCCCNC)s1. The molecule has 19 heavy (non-hydrogen) atoms. The number of rotatable bonds is 9. The van der Waals surface area contributed by atoms with E-state index in [9.17, 15) is 8.42 Å². The summed E-state index contributed by atoms with van der Waals surface area (Å²) in [4.78, 5) is 5.44. The molecule has 0 aliphatic carbocycles. The Morgan fingerprint density at radius 2 is 2.16 bits per heavy atom. The molecule has 7 heteroatoms. The van der Waals surface area contributed by atoms with Crippen molar-refractivity contribution in [1.82, 2.24) is 15.0 Å². The van der Waals surface area contributed by atoms with Crippen LogP contribution in [0, 0.1) is 0 Å². The van der Waals surface area contributed by atoms with Gasteiger partial charge in [0, 0.05) is 11.1 Å². The maximum atomic E-state index is 11.9. The van der Waals surface area contributed by atoms with Crippen LogP contribution in [-0.2, 0) is 16.4 Å². The summed E-state index contributed by atoms with van der Waals surface area (Å²) in [7, 11) is -1.35. The Labute approximate surface area is 119 Å². The summed E-state index contributed by atoms with van der Waals surface area (Å²) in [6, 6.07) is -0.250. The molecule has 0 radical (unpaired) electrons. The number of unbranched alkanes of at least 4 members (excludes halogenated alkanes) is 1. The number of nitrogens with one attached hydrogen (secondary N) is 2. The zero-order chi connectivity index (χ0) is 14.3. The van der Waals surface area contributed by atoms with Crippen molar-refractivity contribution >= 4 is 21.4 Å². The summed E-state index contributed by atoms with van der Waals surface area (Å²) < 4.78 is 26.5. The molecule has 1 unspecified atom stereocenters. The topological polar surface area (TPSA) is 71.1 Å². The molecule has 0 fully saturated rings. The molecule has 1 aromatic heterocycles. The van der Waals surface area contributed by atoms with Gasteiger partial charge in [-0.3, -0.25) is 0 Å². The molecule has 0 bridgehead atoms. The molecule has 1 heterocycles. The highest BCUT2D eigenvalue weighted by Gasteiger charge is 2.17. The lowest BCUT2D eigenvalue weighted by molar-refractivity contribution is 0.561. The standard InChI is InChI=1S/C12H23N3O2S2/c1-4-11-9-14-12(18-11)10(2)15-19(16,17)8-6-5-7-13-3/h9-10,13,15H,4-8H2,1-3H3. The van der Waals surface area contributed by atoms with Crippen molar-refractivity contribution in [1.29, 1.82) is 0 Å². The van der Waals surface area contributed by atoms with Crippen molar-refractivity contribution in [3.8, 4) is 0 Å². The lowest BCUT2D eigenvalue weighted by Crippen LogP contribution is -2.29. The number of aromatic nitrogens is 1. The Morgan fingerprint density at radius 3 is 2.74 bits per heavy atom. The number of hydrogen-bond donors (Lipinski definition) is 2. The first-order valence-electron chi connectivity index (χ1n) is 6.57. The minimum Gasteiger partial charge on any atom is -0.320 e. The zero-order valence-corrected chi connectivity index (χ0v) is 13.4. The molecule has 2 N–H and O–H groups in total. The average Bonchev–Trinajstić information content (AvgIpc) is 2.83. The molecule has 110 valence electrons. The van der Waals surface area contributed by atoms with Crippen LogP contribution < -0.4 is 10.0 Å². The first-order chi connectivity index (χ1) is 8.98. The lowest BCUT2D eigenvalue weighted by atomic mass is 10.3. The van der Waals surface area contributed by atoms with Gasteiger partial charge in [-0.1, -0.05) is 6.92 Å². The van der Waals surface area contributed by atoms with E-state index >= 15 is 0 Å². The molecule has 0 amide bonds. The van der Waals surface area contributed by atoms with Gasteiger partial charge in [0.05, 0.1) is 11.8 Å². The monoisotopic (exact) mass is 305 g/mol. The number of thiazole rings is 1. The molecule has 0 saturated carbocycles. The molecular formula is C12H23N3O2S2. The summed E-state index contributed by atoms with van der Waals surface area (Å²) >= 11 is 1.57. The van der Waals surface area contributed by atoms with Gasteiger partial charge in [0.1, 0.15) is 5.01 Å². The third-order valence-electron chi connectivity index (χ3n) is 2.74. The van der Waals surface area contributed by atoms with Crippen molar-refractivity contribution in [3.05, 3.63) is 16.1 Å². The van der Waals surface area contributed by atoms with Crippen LogP contribution >= 0.6 is 11.3 Å². The summed E-state index contributed by atoms with van der Waals surface area (Å²) in [5.74, 6) is 0.172. The van der Waals surface area contributed by atoms with Crippen LogP contribution in [0.25, 0.3) is 0 Å². The van der Waals surface area contributed by atoms with Crippen molar-refractivity contribution < 1.29 is 8.42 Å². The Hall–Kier alpha value is -0.500. The Balaban J connectivity index is 2.47. The maximum Gasteiger partial charge on any atom is 0.212 e. The lowest BCUT2D eigenvalue weighted by Gasteiger charge is -2.11. The average molecular weight is 305 g/mol. The third-order valence-corrected chi connectivity index (χ3v) is 5.60. The molecule has 0 aliphatic rings. The minimum atomic E-state index is -3.22. The van der Waals surface area contributed by atoms with Crippen LogP contribution in [0.5, 0.6) is 0 Å². The second kappa shape index (κ2) is 7.94. The van der Waals surface area contributed by atoms with E-state index in [0.717, 1.165) is 24.4 Å². The summed E-state index contributed by atoms with van der Waals surface area (Å²) in [6.45, 7) is 4.74. The highest BCUT2D eigenvalue weighted by molar-refractivity contribution is 7.89. The summed E-state index contributed by atoms with van der Waals surface area (Å²) in [6.07, 6.45) is 4.28. The molecule has 1 atom stereocenters. The van der Waals surface area contributed by atoms with E-state index in [1.807, 2.05) is 20.2 Å². The summed E-state index contributed by atoms with van der Waals surface area (Å²) in [5, 5.41) is 3.84. The van der Waals surface area contributed by atoms with Crippen LogP contribution in [0.2, 0.25) is 0 Å². The Bertz CT molecular complexity index is 471. The molecule has 0 spiro atoms. The van der Waals surface area contributed by atoms with E-state index in [1.54, 1.807) is 11.3 Å². The zero-order valence-electron chi connectivity index (χ0n) is 11.8. The number of nitrogens with zero attached hydrogens (tertiary/aromatic N) is 1. The van der Waals surface area contributed by atoms with Crippen molar-refractivity contribution in [2.75, 3.05) is 19.3 Å². The first-order valence-corrected chi connectivity index (χ1v) is 9.04. The van der Waals surface area contributed by atoms with Gasteiger partial charge in [-0.15, -0.1) is 11.3 Å². The molecule has 5 nitrogen and oxygen atoms in total. The second-order valence-electron chi connectivity index (χ2n) is 4.49. The fourth-order valence-corrected chi connectivity index (χ4v) is 3.95. The molecule has 1 rings (SSSR count). The van der Waals surface area contributed by atoms with Crippen LogP contribution in [0.15, 0.2) is 6.20 Å². The van der Waals surface area contributed by atoms with Crippen LogP contribution in [-0.4, -0.2) is 32.7 Å². The Morgan fingerprint density at radius 1 is 1.42 bits per heavy atom. The van der Waals surface area contributed by atoms with Gasteiger partial charge in [-0.25, -0.2) is 18.1 Å². The fourth-order valence-electron chi connectivity index (χ4n) is 1.66. The van der Waals surface area contributed by atoms with Crippen LogP contribution in [0.3, 0.4) is 0 Å². The number of aryl methyl sites for hydroxylation is 1. The number of sulfonamides is 1. The predicted octanol–water partition coefficient (Wildman–Crippen LogP) is 1.69. The number of hydrogen-bond acceptors (Lipinski definition) is 5. The van der Waals surface area contributed by atoms with Gasteiger partial charge in [0.2, 0.25) is 10.0 Å². The Kier molecular flexibility index (Phi) is 6.92. The van der Waals surface area contributed by atoms with Crippen molar-refractivity contribution in [2.45, 2.75) is 39.2 Å². The normalized spacial score (nSPS) is 13.6. The van der Waals surface area contributed by atoms with E-state index in [2.05, 4.69) is 21.9 Å². The maximum absolute atomic E-state index is 11.9. The molecule has 0 aromatic carbocycles. The summed E-state index contributed by atoms with van der Waals surface area (Å²) in [5.41, 5.74) is 0.